The Balaban J connectivity index is 1.37. The normalized spacial score (nSPS) is 14.3. The van der Waals surface area contributed by atoms with Crippen molar-refractivity contribution in [3.63, 3.8) is 0 Å². The Bertz CT molecular complexity index is 1820. The molecule has 0 atom stereocenters. The number of methoxy groups -OCH3 is 1. The SMILES string of the molecule is COc1cccc2cc(-c3cc(=O)oc4c(CN5CCN(c6ccccc6F)CC5)c(O)ccc34)c(=O)oc12. The van der Waals surface area contributed by atoms with Gasteiger partial charge in [0.2, 0.25) is 0 Å². The monoisotopic (exact) mass is 528 g/mol. The van der Waals surface area contributed by atoms with Crippen LogP contribution in [0, 0.1) is 5.82 Å². The van der Waals surface area contributed by atoms with Crippen molar-refractivity contribution in [1.82, 2.24) is 4.90 Å². The minimum absolute atomic E-state index is 0.0189. The number of para-hydroxylation sites is 2. The zero-order chi connectivity index (χ0) is 27.1. The Kier molecular flexibility index (Phi) is 6.28. The molecule has 0 aliphatic carbocycles. The molecule has 9 heteroatoms. The average molecular weight is 529 g/mol. The van der Waals surface area contributed by atoms with Crippen molar-refractivity contribution in [3.8, 4) is 22.6 Å². The number of piperazine rings is 1. The minimum Gasteiger partial charge on any atom is -0.507 e. The maximum absolute atomic E-state index is 14.2. The molecule has 1 fully saturated rings. The average Bonchev–Trinajstić information content (AvgIpc) is 2.94. The van der Waals surface area contributed by atoms with Gasteiger partial charge in [0.05, 0.1) is 23.9 Å². The van der Waals surface area contributed by atoms with E-state index >= 15 is 0 Å². The highest BCUT2D eigenvalue weighted by Gasteiger charge is 2.23. The maximum atomic E-state index is 14.2. The molecular formula is C30H25FN2O6. The van der Waals surface area contributed by atoms with Gasteiger partial charge >= 0.3 is 11.3 Å². The van der Waals surface area contributed by atoms with Crippen LogP contribution >= 0.6 is 0 Å². The van der Waals surface area contributed by atoms with E-state index in [2.05, 4.69) is 4.90 Å². The topological polar surface area (TPSA) is 96.4 Å². The standard InChI is InChI=1S/C30H25FN2O6/c1-37-26-8-4-5-18-15-21(30(36)39-28(18)26)20-16-27(35)38-29-19(20)9-10-25(34)22(29)17-32-11-13-33(14-12-32)24-7-3-2-6-23(24)31/h2-10,15-16,34H,11-14,17H2,1H3. The van der Waals surface area contributed by atoms with Gasteiger partial charge in [-0.05, 0) is 36.4 Å². The van der Waals surface area contributed by atoms with Crippen LogP contribution in [0.1, 0.15) is 5.56 Å². The molecule has 198 valence electrons. The molecule has 1 aliphatic heterocycles. The quantitative estimate of drug-likeness (QED) is 0.327. The number of hydrogen-bond acceptors (Lipinski definition) is 8. The van der Waals surface area contributed by atoms with Crippen molar-refractivity contribution in [2.75, 3.05) is 38.2 Å². The smallest absolute Gasteiger partial charge is 0.344 e. The van der Waals surface area contributed by atoms with E-state index in [4.69, 9.17) is 13.6 Å². The van der Waals surface area contributed by atoms with Gasteiger partial charge in [0.15, 0.2) is 11.3 Å². The Morgan fingerprint density at radius 1 is 0.897 bits per heavy atom. The lowest BCUT2D eigenvalue weighted by molar-refractivity contribution is 0.246. The van der Waals surface area contributed by atoms with Gasteiger partial charge in [-0.1, -0.05) is 24.3 Å². The molecule has 1 saturated heterocycles. The predicted molar refractivity (Wildman–Crippen MR) is 146 cm³/mol. The fourth-order valence-corrected chi connectivity index (χ4v) is 5.19. The zero-order valence-corrected chi connectivity index (χ0v) is 21.1. The second-order valence-corrected chi connectivity index (χ2v) is 9.46. The molecule has 8 nitrogen and oxygen atoms in total. The van der Waals surface area contributed by atoms with Gasteiger partial charge in [0.25, 0.3) is 0 Å². The van der Waals surface area contributed by atoms with Crippen LogP contribution in [-0.4, -0.2) is 43.3 Å². The largest absolute Gasteiger partial charge is 0.507 e. The molecule has 0 unspecified atom stereocenters. The third-order valence-electron chi connectivity index (χ3n) is 7.17. The second-order valence-electron chi connectivity index (χ2n) is 9.46. The van der Waals surface area contributed by atoms with E-state index in [1.165, 1.54) is 25.3 Å². The van der Waals surface area contributed by atoms with Crippen LogP contribution in [-0.2, 0) is 6.54 Å². The first-order valence-corrected chi connectivity index (χ1v) is 12.5. The molecule has 0 saturated carbocycles. The number of rotatable bonds is 5. The van der Waals surface area contributed by atoms with Gasteiger partial charge in [-0.25, -0.2) is 14.0 Å². The van der Waals surface area contributed by atoms with Crippen molar-refractivity contribution in [1.29, 1.82) is 0 Å². The van der Waals surface area contributed by atoms with E-state index in [9.17, 15) is 19.1 Å². The third kappa shape index (κ3) is 4.51. The number of phenolic OH excluding ortho intramolecular Hbond substituents is 1. The highest BCUT2D eigenvalue weighted by molar-refractivity contribution is 5.97. The van der Waals surface area contributed by atoms with Gasteiger partial charge in [-0.3, -0.25) is 4.90 Å². The van der Waals surface area contributed by atoms with Gasteiger partial charge in [-0.2, -0.15) is 0 Å². The van der Waals surface area contributed by atoms with Crippen LogP contribution in [0.15, 0.2) is 85.2 Å². The summed E-state index contributed by atoms with van der Waals surface area (Å²) in [6.07, 6.45) is 0. The van der Waals surface area contributed by atoms with E-state index in [0.29, 0.717) is 71.6 Å². The lowest BCUT2D eigenvalue weighted by Crippen LogP contribution is -2.46. The Hall–Kier alpha value is -4.63. The molecule has 6 rings (SSSR count). The second kappa shape index (κ2) is 9.92. The first kappa shape index (κ1) is 24.7. The molecule has 2 aromatic heterocycles. The van der Waals surface area contributed by atoms with Crippen molar-refractivity contribution < 1.29 is 23.1 Å². The molecule has 3 heterocycles. The molecule has 1 N–H and O–H groups in total. The van der Waals surface area contributed by atoms with Gasteiger partial charge < -0.3 is 23.6 Å². The number of hydrogen-bond donors (Lipinski definition) is 1. The minimum atomic E-state index is -0.654. The maximum Gasteiger partial charge on any atom is 0.344 e. The summed E-state index contributed by atoms with van der Waals surface area (Å²) in [6, 6.07) is 18.0. The summed E-state index contributed by atoms with van der Waals surface area (Å²) in [5, 5.41) is 11.9. The fraction of sp³-hybridized carbons (Fsp3) is 0.200. The Morgan fingerprint density at radius 2 is 1.69 bits per heavy atom. The van der Waals surface area contributed by atoms with Crippen molar-refractivity contribution in [2.24, 2.45) is 0 Å². The highest BCUT2D eigenvalue weighted by atomic mass is 19.1. The lowest BCUT2D eigenvalue weighted by Gasteiger charge is -2.36. The van der Waals surface area contributed by atoms with E-state index < -0.39 is 11.3 Å². The molecule has 0 amide bonds. The summed E-state index contributed by atoms with van der Waals surface area (Å²) in [4.78, 5) is 29.8. The molecule has 0 bridgehead atoms. The number of fused-ring (bicyclic) bond motifs is 2. The summed E-state index contributed by atoms with van der Waals surface area (Å²) >= 11 is 0. The van der Waals surface area contributed by atoms with Crippen molar-refractivity contribution in [3.05, 3.63) is 99.0 Å². The van der Waals surface area contributed by atoms with Crippen LogP contribution < -0.4 is 20.9 Å². The van der Waals surface area contributed by atoms with E-state index in [1.807, 2.05) is 11.0 Å². The number of anilines is 1. The van der Waals surface area contributed by atoms with Crippen molar-refractivity contribution >= 4 is 27.6 Å². The molecule has 0 radical (unpaired) electrons. The van der Waals surface area contributed by atoms with Crippen LogP contribution in [0.2, 0.25) is 0 Å². The van der Waals surface area contributed by atoms with E-state index in [-0.39, 0.29) is 22.7 Å². The number of aromatic hydroxyl groups is 1. The van der Waals surface area contributed by atoms with Crippen LogP contribution in [0.3, 0.4) is 0 Å². The van der Waals surface area contributed by atoms with E-state index in [0.717, 1.165) is 0 Å². The summed E-state index contributed by atoms with van der Waals surface area (Å²) in [7, 11) is 1.49. The first-order valence-electron chi connectivity index (χ1n) is 12.5. The van der Waals surface area contributed by atoms with Gasteiger partial charge in [0.1, 0.15) is 17.1 Å². The molecule has 5 aromatic rings. The van der Waals surface area contributed by atoms with Gasteiger partial charge in [-0.15, -0.1) is 0 Å². The molecule has 1 aliphatic rings. The summed E-state index contributed by atoms with van der Waals surface area (Å²) in [5.74, 6) is 0.147. The van der Waals surface area contributed by atoms with Gasteiger partial charge in [0, 0.05) is 55.1 Å². The van der Waals surface area contributed by atoms with Crippen LogP contribution in [0.5, 0.6) is 11.5 Å². The summed E-state index contributed by atoms with van der Waals surface area (Å²) < 4.78 is 30.7. The Morgan fingerprint density at radius 3 is 2.46 bits per heavy atom. The lowest BCUT2D eigenvalue weighted by atomic mass is 9.99. The third-order valence-corrected chi connectivity index (χ3v) is 7.17. The van der Waals surface area contributed by atoms with Crippen molar-refractivity contribution in [2.45, 2.75) is 6.54 Å². The molecule has 0 spiro atoms. The number of benzene rings is 3. The summed E-state index contributed by atoms with van der Waals surface area (Å²) in [5.41, 5.74) is 0.795. The highest BCUT2D eigenvalue weighted by Crippen LogP contribution is 2.35. The van der Waals surface area contributed by atoms with Crippen LogP contribution in [0.25, 0.3) is 33.1 Å². The Labute approximate surface area is 222 Å². The molecule has 3 aromatic carbocycles. The number of halogens is 1. The first-order chi connectivity index (χ1) is 18.9. The molecule has 39 heavy (non-hydrogen) atoms. The predicted octanol–water partition coefficient (Wildman–Crippen LogP) is 4.74. The number of ether oxygens (including phenoxy) is 1. The number of phenols is 1. The number of nitrogens with zero attached hydrogens (tertiary/aromatic N) is 2. The van der Waals surface area contributed by atoms with E-state index in [1.54, 1.807) is 42.5 Å². The zero-order valence-electron chi connectivity index (χ0n) is 21.1. The fourth-order valence-electron chi connectivity index (χ4n) is 5.19. The van der Waals surface area contributed by atoms with Crippen LogP contribution in [0.4, 0.5) is 10.1 Å². The summed E-state index contributed by atoms with van der Waals surface area (Å²) in [6.45, 7) is 2.74. The molecular weight excluding hydrogens is 503 g/mol.